The molecule has 1 atom stereocenters. The largest absolute Gasteiger partial charge is 0.490 e. The van der Waals surface area contributed by atoms with Crippen LogP contribution in [0.2, 0.25) is 0 Å². The Morgan fingerprint density at radius 3 is 2.42 bits per heavy atom. The summed E-state index contributed by atoms with van der Waals surface area (Å²) in [6.07, 6.45) is -4.11. The fourth-order valence-corrected chi connectivity index (χ4v) is 8.95. The van der Waals surface area contributed by atoms with Crippen molar-refractivity contribution in [2.45, 2.75) is 50.2 Å². The minimum atomic E-state index is -5.35. The number of hydrogen-bond donors (Lipinski definition) is 2. The van der Waals surface area contributed by atoms with E-state index in [0.717, 1.165) is 12.1 Å². The average molecular weight is 823 g/mol. The number of ether oxygens (including phenoxy) is 2. The topological polar surface area (TPSA) is 139 Å². The van der Waals surface area contributed by atoms with Gasteiger partial charge in [0.05, 0.1) is 34.8 Å². The fourth-order valence-electron chi connectivity index (χ4n) is 8.00. The number of rotatable bonds is 8. The van der Waals surface area contributed by atoms with Crippen LogP contribution < -0.4 is 25.8 Å². The number of benzene rings is 2. The third kappa shape index (κ3) is 6.44. The van der Waals surface area contributed by atoms with Crippen molar-refractivity contribution < 1.29 is 49.0 Å². The summed E-state index contributed by atoms with van der Waals surface area (Å²) >= 11 is 0.587. The summed E-state index contributed by atoms with van der Waals surface area (Å²) in [5.41, 5.74) is 6.79. The number of nitrogens with two attached hydrogens (primary N) is 2. The van der Waals surface area contributed by atoms with E-state index in [1.54, 1.807) is 25.1 Å². The normalized spacial score (nSPS) is 18.4. The summed E-state index contributed by atoms with van der Waals surface area (Å²) in [6.45, 7) is -1.22. The van der Waals surface area contributed by atoms with Gasteiger partial charge in [0.2, 0.25) is 0 Å². The second-order valence-corrected chi connectivity index (χ2v) is 15.5. The number of likely N-dealkylation sites (tertiary alicyclic amines) is 1. The fraction of sp³-hybridized carbons (Fsp3) is 0.405. The van der Waals surface area contributed by atoms with Crippen molar-refractivity contribution in [2.75, 3.05) is 55.8 Å². The predicted octanol–water partition coefficient (Wildman–Crippen LogP) is 8.33. The lowest BCUT2D eigenvalue weighted by molar-refractivity contribution is -0.138. The maximum Gasteiger partial charge on any atom is 0.420 e. The van der Waals surface area contributed by atoms with Crippen LogP contribution in [0.3, 0.4) is 0 Å². The van der Waals surface area contributed by atoms with E-state index in [9.17, 15) is 14.0 Å². The second kappa shape index (κ2) is 13.4. The highest BCUT2D eigenvalue weighted by molar-refractivity contribution is 7.23. The molecule has 1 saturated carbocycles. The number of piperidine rings is 1. The maximum atomic E-state index is 17.3. The summed E-state index contributed by atoms with van der Waals surface area (Å²) in [5.74, 6) is -10.2. The highest BCUT2D eigenvalue weighted by Crippen LogP contribution is 2.66. The van der Waals surface area contributed by atoms with Gasteiger partial charge in [-0.05, 0) is 50.6 Å². The third-order valence-corrected chi connectivity index (χ3v) is 12.0. The number of nitrogens with zero attached hydrogens (tertiary/aromatic N) is 6. The first-order chi connectivity index (χ1) is 26.9. The van der Waals surface area contributed by atoms with Crippen molar-refractivity contribution >= 4 is 49.0 Å². The molecule has 0 amide bonds. The van der Waals surface area contributed by atoms with Gasteiger partial charge in [0.1, 0.15) is 52.0 Å². The van der Waals surface area contributed by atoms with Crippen molar-refractivity contribution in [3.05, 3.63) is 58.8 Å². The number of anilines is 3. The zero-order valence-corrected chi connectivity index (χ0v) is 30.6. The van der Waals surface area contributed by atoms with E-state index in [2.05, 4.69) is 15.0 Å². The van der Waals surface area contributed by atoms with Gasteiger partial charge in [0, 0.05) is 34.5 Å². The second-order valence-electron chi connectivity index (χ2n) is 14.5. The van der Waals surface area contributed by atoms with Crippen LogP contribution in [0, 0.1) is 28.4 Å². The molecule has 5 heterocycles. The van der Waals surface area contributed by atoms with Crippen molar-refractivity contribution in [3.63, 3.8) is 0 Å². The van der Waals surface area contributed by atoms with Gasteiger partial charge in [-0.25, -0.2) is 31.3 Å². The Morgan fingerprint density at radius 2 is 1.77 bits per heavy atom. The molecule has 0 radical (unpaired) electrons. The quantitative estimate of drug-likeness (QED) is 0.147. The molecule has 20 heteroatoms. The van der Waals surface area contributed by atoms with E-state index >= 15 is 30.7 Å². The van der Waals surface area contributed by atoms with Crippen molar-refractivity contribution in [1.29, 1.82) is 5.26 Å². The van der Waals surface area contributed by atoms with E-state index in [-0.39, 0.29) is 71.2 Å². The average Bonchev–Trinajstić information content (AvgIpc) is 3.59. The van der Waals surface area contributed by atoms with E-state index in [1.165, 1.54) is 16.0 Å². The molecular formula is C37H31F9N8O2S. The van der Waals surface area contributed by atoms with Gasteiger partial charge >= 0.3 is 12.2 Å². The highest BCUT2D eigenvalue weighted by atomic mass is 32.1. The predicted molar refractivity (Wildman–Crippen MR) is 192 cm³/mol. The van der Waals surface area contributed by atoms with Gasteiger partial charge in [0.25, 0.3) is 11.8 Å². The van der Waals surface area contributed by atoms with Crippen molar-refractivity contribution in [3.8, 4) is 29.0 Å². The zero-order valence-electron chi connectivity index (χ0n) is 29.8. The number of hydrogen-bond acceptors (Lipinski definition) is 11. The molecule has 2 aliphatic heterocycles. The molecule has 3 aromatic heterocycles. The summed E-state index contributed by atoms with van der Waals surface area (Å²) < 4.78 is 148. The first kappa shape index (κ1) is 38.6. The molecular weight excluding hydrogens is 792 g/mol. The van der Waals surface area contributed by atoms with Gasteiger partial charge in [-0.15, -0.1) is 11.3 Å². The van der Waals surface area contributed by atoms with Crippen LogP contribution >= 0.6 is 11.3 Å². The Balaban J connectivity index is 1.29. The van der Waals surface area contributed by atoms with Gasteiger partial charge in [0.15, 0.2) is 12.4 Å². The lowest BCUT2D eigenvalue weighted by Crippen LogP contribution is -2.45. The number of halogens is 9. The molecule has 2 aromatic carbocycles. The summed E-state index contributed by atoms with van der Waals surface area (Å²) in [7, 11) is 0. The Bertz CT molecular complexity index is 2480. The Hall–Kier alpha value is -5.29. The molecule has 57 heavy (non-hydrogen) atoms. The Morgan fingerprint density at radius 1 is 1.05 bits per heavy atom. The van der Waals surface area contributed by atoms with Crippen LogP contribution in [0.1, 0.15) is 48.9 Å². The van der Waals surface area contributed by atoms with Crippen molar-refractivity contribution in [2.24, 2.45) is 5.41 Å². The van der Waals surface area contributed by atoms with Crippen LogP contribution in [-0.4, -0.2) is 71.1 Å². The maximum absolute atomic E-state index is 17.3. The van der Waals surface area contributed by atoms with E-state index in [0.29, 0.717) is 16.9 Å². The summed E-state index contributed by atoms with van der Waals surface area (Å²) in [6, 6.07) is 4.96. The number of thiophene rings is 1. The van der Waals surface area contributed by atoms with Gasteiger partial charge in [-0.3, -0.25) is 4.90 Å². The first-order valence-electron chi connectivity index (χ1n) is 17.6. The molecule has 0 bridgehead atoms. The van der Waals surface area contributed by atoms with E-state index < -0.39 is 100 Å². The number of aromatic nitrogens is 3. The van der Waals surface area contributed by atoms with Crippen LogP contribution in [-0.2, 0) is 6.18 Å². The molecule has 0 unspecified atom stereocenters. The summed E-state index contributed by atoms with van der Waals surface area (Å²) in [5, 5.41) is 8.71. The molecule has 300 valence electrons. The molecule has 5 aromatic rings. The SMILES string of the molecule is C[C@H](c1cccnc1N)N1CCOc2c(C(F)(F)F)c(-c3ccc(F)c4sc(N)c(C#N)c34)c(F)c3nc(OCC(F)(F)CN4CCC5(CC4)CC5(F)F)nc1c23. The third-order valence-electron chi connectivity index (χ3n) is 11.0. The van der Waals surface area contributed by atoms with Gasteiger partial charge in [-0.2, -0.15) is 28.4 Å². The standard InChI is InChI=1S/C37H31F9N8O2S/c1-17(18-3-2-8-50-30(18)48)54-11-12-55-28-24-27(26(39)23(25(28)37(44,45)46)19-4-5-21(38)29-22(19)20(13-47)31(49)57-29)51-33(52-32(24)54)56-16-35(40,41)15-53-9-6-34(7-10-53)14-36(34,42)43/h2-5,8,17H,6-7,9-12,14-16,49H2,1H3,(H2,48,50)/t17-/m1/s1. The minimum absolute atomic E-state index is 0.00434. The van der Waals surface area contributed by atoms with Crippen molar-refractivity contribution in [1.82, 2.24) is 19.9 Å². The number of fused-ring (bicyclic) bond motifs is 1. The number of pyridine rings is 1. The smallest absolute Gasteiger partial charge is 0.420 e. The Labute approximate surface area is 321 Å². The monoisotopic (exact) mass is 822 g/mol. The lowest BCUT2D eigenvalue weighted by Gasteiger charge is -2.34. The van der Waals surface area contributed by atoms with E-state index in [1.807, 2.05) is 0 Å². The summed E-state index contributed by atoms with van der Waals surface area (Å²) in [4.78, 5) is 15.2. The Kier molecular flexibility index (Phi) is 9.07. The first-order valence-corrected chi connectivity index (χ1v) is 18.4. The lowest BCUT2D eigenvalue weighted by atomic mass is 9.91. The van der Waals surface area contributed by atoms with Gasteiger partial charge in [-0.1, -0.05) is 12.1 Å². The highest BCUT2D eigenvalue weighted by Gasteiger charge is 2.70. The van der Waals surface area contributed by atoms with Crippen LogP contribution in [0.15, 0.2) is 30.5 Å². The molecule has 1 aliphatic carbocycles. The number of alkyl halides is 7. The van der Waals surface area contributed by atoms with Crippen LogP contribution in [0.25, 0.3) is 32.1 Å². The van der Waals surface area contributed by atoms with Crippen LogP contribution in [0.4, 0.5) is 56.2 Å². The number of nitriles is 1. The molecule has 10 nitrogen and oxygen atoms in total. The van der Waals surface area contributed by atoms with Gasteiger partial charge < -0.3 is 25.8 Å². The molecule has 3 aliphatic rings. The van der Waals surface area contributed by atoms with Crippen LogP contribution in [0.5, 0.6) is 11.8 Å². The minimum Gasteiger partial charge on any atom is -0.490 e. The molecule has 1 spiro atoms. The zero-order chi connectivity index (χ0) is 40.8. The molecule has 2 fully saturated rings. The van der Waals surface area contributed by atoms with E-state index in [4.69, 9.17) is 20.9 Å². The number of nitrogen functional groups attached to an aromatic ring is 2. The molecule has 1 saturated heterocycles. The molecule has 4 N–H and O–H groups in total. The molecule has 8 rings (SSSR count).